The standard InChI is InChI=1S/C21H27ClN2O/c1-15-11-16(2)13-17(12-15)21(24-9-4-7-23-8-10-24)19-14-18(22)5-6-20(19)25-3/h5-6,11-14,21,23H,4,7-10H2,1-3H3. The van der Waals surface area contributed by atoms with E-state index in [1.165, 1.54) is 16.7 Å². The quantitative estimate of drug-likeness (QED) is 0.879. The maximum Gasteiger partial charge on any atom is 0.124 e. The number of halogens is 1. The van der Waals surface area contributed by atoms with Crippen LogP contribution in [0, 0.1) is 13.8 Å². The summed E-state index contributed by atoms with van der Waals surface area (Å²) in [5.41, 5.74) is 5.02. The molecule has 0 saturated carbocycles. The summed E-state index contributed by atoms with van der Waals surface area (Å²) in [7, 11) is 1.73. The van der Waals surface area contributed by atoms with Gasteiger partial charge in [-0.25, -0.2) is 0 Å². The molecule has 2 aromatic carbocycles. The predicted molar refractivity (Wildman–Crippen MR) is 105 cm³/mol. The topological polar surface area (TPSA) is 24.5 Å². The van der Waals surface area contributed by atoms with Crippen molar-refractivity contribution in [3.8, 4) is 5.75 Å². The second kappa shape index (κ2) is 8.22. The average molecular weight is 359 g/mol. The minimum absolute atomic E-state index is 0.146. The van der Waals surface area contributed by atoms with Crippen molar-refractivity contribution in [2.24, 2.45) is 0 Å². The molecule has 2 aromatic rings. The van der Waals surface area contributed by atoms with Gasteiger partial charge in [0, 0.05) is 30.2 Å². The zero-order valence-electron chi connectivity index (χ0n) is 15.3. The van der Waals surface area contributed by atoms with E-state index in [1.807, 2.05) is 12.1 Å². The third-order valence-corrected chi connectivity index (χ3v) is 5.02. The molecule has 0 amide bonds. The highest BCUT2D eigenvalue weighted by molar-refractivity contribution is 6.30. The van der Waals surface area contributed by atoms with Crippen molar-refractivity contribution >= 4 is 11.6 Å². The normalized spacial score (nSPS) is 17.1. The van der Waals surface area contributed by atoms with E-state index in [0.29, 0.717) is 0 Å². The number of benzene rings is 2. The van der Waals surface area contributed by atoms with Crippen LogP contribution in [0.1, 0.15) is 34.7 Å². The molecule has 1 atom stereocenters. The number of rotatable bonds is 4. The van der Waals surface area contributed by atoms with Crippen LogP contribution in [0.4, 0.5) is 0 Å². The van der Waals surface area contributed by atoms with Gasteiger partial charge in [-0.1, -0.05) is 40.9 Å². The summed E-state index contributed by atoms with van der Waals surface area (Å²) in [5.74, 6) is 0.894. The third-order valence-electron chi connectivity index (χ3n) is 4.79. The Kier molecular flexibility index (Phi) is 6.00. The average Bonchev–Trinajstić information content (AvgIpc) is 2.84. The van der Waals surface area contributed by atoms with E-state index in [-0.39, 0.29) is 6.04 Å². The van der Waals surface area contributed by atoms with Crippen molar-refractivity contribution < 1.29 is 4.74 Å². The van der Waals surface area contributed by atoms with Crippen molar-refractivity contribution in [3.05, 3.63) is 63.7 Å². The van der Waals surface area contributed by atoms with Crippen LogP contribution in [0.2, 0.25) is 5.02 Å². The largest absolute Gasteiger partial charge is 0.496 e. The summed E-state index contributed by atoms with van der Waals surface area (Å²) >= 11 is 6.35. The third kappa shape index (κ3) is 4.35. The highest BCUT2D eigenvalue weighted by Crippen LogP contribution is 2.37. The minimum atomic E-state index is 0.146. The second-order valence-corrected chi connectivity index (χ2v) is 7.29. The summed E-state index contributed by atoms with van der Waals surface area (Å²) < 4.78 is 5.68. The van der Waals surface area contributed by atoms with E-state index in [2.05, 4.69) is 48.3 Å². The molecule has 134 valence electrons. The lowest BCUT2D eigenvalue weighted by Crippen LogP contribution is -2.33. The zero-order valence-corrected chi connectivity index (χ0v) is 16.1. The number of methoxy groups -OCH3 is 1. The number of aryl methyl sites for hydroxylation is 2. The van der Waals surface area contributed by atoms with E-state index >= 15 is 0 Å². The van der Waals surface area contributed by atoms with Crippen molar-refractivity contribution in [1.29, 1.82) is 0 Å². The molecule has 1 N–H and O–H groups in total. The van der Waals surface area contributed by atoms with Crippen LogP contribution in [-0.4, -0.2) is 38.2 Å². The van der Waals surface area contributed by atoms with E-state index in [0.717, 1.165) is 48.9 Å². The summed E-state index contributed by atoms with van der Waals surface area (Å²) in [6.45, 7) is 8.46. The van der Waals surface area contributed by atoms with Gasteiger partial charge in [-0.05, 0) is 50.6 Å². The van der Waals surface area contributed by atoms with Gasteiger partial charge in [0.15, 0.2) is 0 Å². The van der Waals surface area contributed by atoms with Crippen LogP contribution in [0.25, 0.3) is 0 Å². The Bertz CT molecular complexity index is 704. The van der Waals surface area contributed by atoms with Crippen LogP contribution in [0.3, 0.4) is 0 Å². The molecule has 1 heterocycles. The van der Waals surface area contributed by atoms with Gasteiger partial charge in [-0.2, -0.15) is 0 Å². The molecule has 4 heteroatoms. The lowest BCUT2D eigenvalue weighted by Gasteiger charge is -2.32. The van der Waals surface area contributed by atoms with Crippen molar-refractivity contribution in [3.63, 3.8) is 0 Å². The lowest BCUT2D eigenvalue weighted by molar-refractivity contribution is 0.236. The molecule has 1 aliphatic heterocycles. The molecule has 25 heavy (non-hydrogen) atoms. The first kappa shape index (κ1) is 18.2. The SMILES string of the molecule is COc1ccc(Cl)cc1C(c1cc(C)cc(C)c1)N1CCCNCC1. The monoisotopic (exact) mass is 358 g/mol. The van der Waals surface area contributed by atoms with Gasteiger partial charge in [0.25, 0.3) is 0 Å². The van der Waals surface area contributed by atoms with Gasteiger partial charge in [-0.15, -0.1) is 0 Å². The summed E-state index contributed by atoms with van der Waals surface area (Å²) in [5, 5.41) is 4.25. The van der Waals surface area contributed by atoms with Crippen molar-refractivity contribution in [1.82, 2.24) is 10.2 Å². The summed E-state index contributed by atoms with van der Waals surface area (Å²) in [4.78, 5) is 2.54. The van der Waals surface area contributed by atoms with Gasteiger partial charge < -0.3 is 10.1 Å². The van der Waals surface area contributed by atoms with E-state index in [4.69, 9.17) is 16.3 Å². The fourth-order valence-electron chi connectivity index (χ4n) is 3.80. The van der Waals surface area contributed by atoms with Gasteiger partial charge in [0.2, 0.25) is 0 Å². The Morgan fingerprint density at radius 3 is 2.52 bits per heavy atom. The molecule has 0 radical (unpaired) electrons. The number of ether oxygens (including phenoxy) is 1. The molecule has 1 aliphatic rings. The second-order valence-electron chi connectivity index (χ2n) is 6.85. The first-order valence-electron chi connectivity index (χ1n) is 8.95. The minimum Gasteiger partial charge on any atom is -0.496 e. The molecule has 1 unspecified atom stereocenters. The Morgan fingerprint density at radius 2 is 1.80 bits per heavy atom. The molecule has 0 aromatic heterocycles. The highest BCUT2D eigenvalue weighted by Gasteiger charge is 2.26. The van der Waals surface area contributed by atoms with Crippen LogP contribution in [0.15, 0.2) is 36.4 Å². The van der Waals surface area contributed by atoms with E-state index in [9.17, 15) is 0 Å². The maximum absolute atomic E-state index is 6.35. The number of hydrogen-bond acceptors (Lipinski definition) is 3. The van der Waals surface area contributed by atoms with Crippen molar-refractivity contribution in [2.45, 2.75) is 26.3 Å². The molecule has 1 saturated heterocycles. The van der Waals surface area contributed by atoms with Crippen LogP contribution in [-0.2, 0) is 0 Å². The van der Waals surface area contributed by atoms with Gasteiger partial charge in [-0.3, -0.25) is 4.90 Å². The van der Waals surface area contributed by atoms with Crippen LogP contribution >= 0.6 is 11.6 Å². The van der Waals surface area contributed by atoms with Gasteiger partial charge in [0.05, 0.1) is 13.2 Å². The van der Waals surface area contributed by atoms with E-state index < -0.39 is 0 Å². The van der Waals surface area contributed by atoms with Gasteiger partial charge >= 0.3 is 0 Å². The molecule has 3 rings (SSSR count). The Morgan fingerprint density at radius 1 is 1.04 bits per heavy atom. The van der Waals surface area contributed by atoms with Crippen LogP contribution in [0.5, 0.6) is 5.75 Å². The lowest BCUT2D eigenvalue weighted by atomic mass is 9.93. The van der Waals surface area contributed by atoms with Crippen LogP contribution < -0.4 is 10.1 Å². The molecule has 0 spiro atoms. The Labute approximate surface area is 155 Å². The Balaban J connectivity index is 2.12. The summed E-state index contributed by atoms with van der Waals surface area (Å²) in [6.07, 6.45) is 1.14. The number of nitrogens with one attached hydrogen (secondary N) is 1. The molecule has 3 nitrogen and oxygen atoms in total. The van der Waals surface area contributed by atoms with E-state index in [1.54, 1.807) is 7.11 Å². The zero-order chi connectivity index (χ0) is 17.8. The molecular formula is C21H27ClN2O. The molecular weight excluding hydrogens is 332 g/mol. The Hall–Kier alpha value is -1.55. The first-order chi connectivity index (χ1) is 12.1. The molecule has 0 bridgehead atoms. The predicted octanol–water partition coefficient (Wildman–Crippen LogP) is 4.35. The fraction of sp³-hybridized carbons (Fsp3) is 0.429. The molecule has 0 aliphatic carbocycles. The first-order valence-corrected chi connectivity index (χ1v) is 9.32. The maximum atomic E-state index is 6.35. The fourth-order valence-corrected chi connectivity index (χ4v) is 3.98. The number of hydrogen-bond donors (Lipinski definition) is 1. The highest BCUT2D eigenvalue weighted by atomic mass is 35.5. The molecule has 1 fully saturated rings. The van der Waals surface area contributed by atoms with Gasteiger partial charge in [0.1, 0.15) is 5.75 Å². The smallest absolute Gasteiger partial charge is 0.124 e. The number of nitrogens with zero attached hydrogens (tertiary/aromatic N) is 1. The summed E-state index contributed by atoms with van der Waals surface area (Å²) in [6, 6.07) is 12.9. The van der Waals surface area contributed by atoms with Crippen molar-refractivity contribution in [2.75, 3.05) is 33.3 Å².